The number of H-pyrrole nitrogens is 1. The highest BCUT2D eigenvalue weighted by Crippen LogP contribution is 2.29. The number of rotatable bonds is 3. The van der Waals surface area contributed by atoms with Gasteiger partial charge in [0.2, 0.25) is 0 Å². The van der Waals surface area contributed by atoms with E-state index in [4.69, 9.17) is 11.6 Å². The molecule has 0 spiro atoms. The zero-order valence-electron chi connectivity index (χ0n) is 11.0. The Morgan fingerprint density at radius 3 is 2.62 bits per heavy atom. The van der Waals surface area contributed by atoms with Crippen molar-refractivity contribution in [1.29, 1.82) is 0 Å². The molecule has 0 fully saturated rings. The standard InChI is InChI=1S/C14H12ClF3N2O/c1-20(13(21)12-6-11(15)7-19-12)8-9-3-2-4-10(5-9)14(16,17)18/h2-7,19H,8H2,1H3. The van der Waals surface area contributed by atoms with E-state index in [1.807, 2.05) is 0 Å². The topological polar surface area (TPSA) is 36.1 Å². The molecule has 112 valence electrons. The lowest BCUT2D eigenvalue weighted by atomic mass is 10.1. The molecule has 0 radical (unpaired) electrons. The molecule has 2 rings (SSSR count). The van der Waals surface area contributed by atoms with Crippen LogP contribution >= 0.6 is 11.6 Å². The summed E-state index contributed by atoms with van der Waals surface area (Å²) in [4.78, 5) is 16.1. The van der Waals surface area contributed by atoms with E-state index in [0.717, 1.165) is 12.1 Å². The molecular formula is C14H12ClF3N2O. The third kappa shape index (κ3) is 3.78. The van der Waals surface area contributed by atoms with E-state index in [9.17, 15) is 18.0 Å². The summed E-state index contributed by atoms with van der Waals surface area (Å²) in [6.45, 7) is 0.0688. The highest BCUT2D eigenvalue weighted by molar-refractivity contribution is 6.30. The molecule has 0 atom stereocenters. The molecule has 2 aromatic rings. The van der Waals surface area contributed by atoms with Crippen molar-refractivity contribution < 1.29 is 18.0 Å². The number of halogens is 4. The summed E-state index contributed by atoms with van der Waals surface area (Å²) in [5, 5.41) is 0.394. The van der Waals surface area contributed by atoms with Crippen LogP contribution in [0.15, 0.2) is 36.5 Å². The number of hydrogen-bond acceptors (Lipinski definition) is 1. The fourth-order valence-corrected chi connectivity index (χ4v) is 2.05. The Hall–Kier alpha value is -1.95. The summed E-state index contributed by atoms with van der Waals surface area (Å²) in [6.07, 6.45) is -2.93. The molecule has 7 heteroatoms. The van der Waals surface area contributed by atoms with E-state index in [1.54, 1.807) is 6.07 Å². The zero-order valence-corrected chi connectivity index (χ0v) is 11.8. The number of aromatic nitrogens is 1. The lowest BCUT2D eigenvalue weighted by Crippen LogP contribution is -2.26. The lowest BCUT2D eigenvalue weighted by Gasteiger charge is -2.17. The Balaban J connectivity index is 2.13. The summed E-state index contributed by atoms with van der Waals surface area (Å²) in [5.74, 6) is -0.348. The third-order valence-corrected chi connectivity index (χ3v) is 3.12. The Morgan fingerprint density at radius 2 is 2.05 bits per heavy atom. The fraction of sp³-hybridized carbons (Fsp3) is 0.214. The van der Waals surface area contributed by atoms with Gasteiger partial charge in [-0.2, -0.15) is 13.2 Å². The molecule has 0 bridgehead atoms. The molecule has 21 heavy (non-hydrogen) atoms. The Morgan fingerprint density at radius 1 is 1.33 bits per heavy atom. The molecular weight excluding hydrogens is 305 g/mol. The quantitative estimate of drug-likeness (QED) is 0.914. The van der Waals surface area contributed by atoms with Gasteiger partial charge in [0.25, 0.3) is 5.91 Å². The van der Waals surface area contributed by atoms with Crippen LogP contribution in [0, 0.1) is 0 Å². The van der Waals surface area contributed by atoms with Crippen molar-refractivity contribution in [2.75, 3.05) is 7.05 Å². The first-order valence-corrected chi connectivity index (χ1v) is 6.40. The van der Waals surface area contributed by atoms with E-state index >= 15 is 0 Å². The van der Waals surface area contributed by atoms with Crippen molar-refractivity contribution in [3.05, 3.63) is 58.4 Å². The highest BCUT2D eigenvalue weighted by atomic mass is 35.5. The molecule has 0 aliphatic rings. The van der Waals surface area contributed by atoms with Gasteiger partial charge in [-0.05, 0) is 23.8 Å². The maximum Gasteiger partial charge on any atom is 0.416 e. The van der Waals surface area contributed by atoms with Crippen LogP contribution in [0.1, 0.15) is 21.6 Å². The Kier molecular flexibility index (Phi) is 4.27. The van der Waals surface area contributed by atoms with Gasteiger partial charge >= 0.3 is 6.18 Å². The van der Waals surface area contributed by atoms with Crippen LogP contribution < -0.4 is 0 Å². The van der Waals surface area contributed by atoms with Crippen LogP contribution in [0.3, 0.4) is 0 Å². The van der Waals surface area contributed by atoms with E-state index < -0.39 is 11.7 Å². The van der Waals surface area contributed by atoms with Crippen molar-refractivity contribution in [2.24, 2.45) is 0 Å². The first-order chi connectivity index (χ1) is 9.77. The molecule has 1 amide bonds. The molecule has 1 aromatic carbocycles. The predicted molar refractivity (Wildman–Crippen MR) is 73.0 cm³/mol. The number of nitrogens with one attached hydrogen (secondary N) is 1. The van der Waals surface area contributed by atoms with Gasteiger partial charge < -0.3 is 9.88 Å². The number of carbonyl (C=O) groups excluding carboxylic acids is 1. The molecule has 0 aliphatic heterocycles. The molecule has 1 aromatic heterocycles. The minimum atomic E-state index is -4.40. The molecule has 0 saturated heterocycles. The average Bonchev–Trinajstić information content (AvgIpc) is 2.84. The number of amides is 1. The van der Waals surface area contributed by atoms with Gasteiger partial charge in [0.1, 0.15) is 5.69 Å². The summed E-state index contributed by atoms with van der Waals surface area (Å²) in [7, 11) is 1.51. The van der Waals surface area contributed by atoms with E-state index in [1.165, 1.54) is 30.3 Å². The predicted octanol–water partition coefficient (Wildman–Crippen LogP) is 3.96. The summed E-state index contributed by atoms with van der Waals surface area (Å²) in [6, 6.07) is 6.36. The fourth-order valence-electron chi connectivity index (χ4n) is 1.89. The summed E-state index contributed by atoms with van der Waals surface area (Å²) < 4.78 is 37.9. The largest absolute Gasteiger partial charge is 0.416 e. The van der Waals surface area contributed by atoms with Crippen LogP contribution in [0.25, 0.3) is 0 Å². The molecule has 0 aliphatic carbocycles. The van der Waals surface area contributed by atoms with Crippen LogP contribution in [0.2, 0.25) is 5.02 Å². The molecule has 0 unspecified atom stereocenters. The van der Waals surface area contributed by atoms with Crippen molar-refractivity contribution in [1.82, 2.24) is 9.88 Å². The SMILES string of the molecule is CN(Cc1cccc(C(F)(F)F)c1)C(=O)c1cc(Cl)c[nH]1. The number of aromatic amines is 1. The van der Waals surface area contributed by atoms with E-state index in [2.05, 4.69) is 4.98 Å². The normalized spacial score (nSPS) is 11.5. The number of nitrogens with zero attached hydrogens (tertiary/aromatic N) is 1. The number of alkyl halides is 3. The number of benzene rings is 1. The van der Waals surface area contributed by atoms with Crippen molar-refractivity contribution >= 4 is 17.5 Å². The maximum absolute atomic E-state index is 12.6. The monoisotopic (exact) mass is 316 g/mol. The Labute approximate surface area is 124 Å². The lowest BCUT2D eigenvalue weighted by molar-refractivity contribution is -0.137. The average molecular weight is 317 g/mol. The van der Waals surface area contributed by atoms with Crippen molar-refractivity contribution in [2.45, 2.75) is 12.7 Å². The summed E-state index contributed by atoms with van der Waals surface area (Å²) >= 11 is 5.71. The van der Waals surface area contributed by atoms with Crippen LogP contribution in [0.5, 0.6) is 0 Å². The highest BCUT2D eigenvalue weighted by Gasteiger charge is 2.30. The second-order valence-corrected chi connectivity index (χ2v) is 5.03. The first-order valence-electron chi connectivity index (χ1n) is 6.03. The van der Waals surface area contributed by atoms with Crippen LogP contribution in [-0.4, -0.2) is 22.8 Å². The van der Waals surface area contributed by atoms with Gasteiger partial charge in [-0.1, -0.05) is 23.7 Å². The van der Waals surface area contributed by atoms with E-state index in [0.29, 0.717) is 10.6 Å². The smallest absolute Gasteiger partial charge is 0.356 e. The van der Waals surface area contributed by atoms with Gasteiger partial charge in [-0.15, -0.1) is 0 Å². The van der Waals surface area contributed by atoms with Crippen molar-refractivity contribution in [3.8, 4) is 0 Å². The van der Waals surface area contributed by atoms with Crippen LogP contribution in [0.4, 0.5) is 13.2 Å². The Bertz CT molecular complexity index is 652. The minimum absolute atomic E-state index is 0.0688. The summed E-state index contributed by atoms with van der Waals surface area (Å²) in [5.41, 5.74) is -0.0448. The number of carbonyl (C=O) groups is 1. The maximum atomic E-state index is 12.6. The number of hydrogen-bond donors (Lipinski definition) is 1. The minimum Gasteiger partial charge on any atom is -0.356 e. The van der Waals surface area contributed by atoms with Crippen molar-refractivity contribution in [3.63, 3.8) is 0 Å². The molecule has 1 heterocycles. The molecule has 3 nitrogen and oxygen atoms in total. The first kappa shape index (κ1) is 15.4. The zero-order chi connectivity index (χ0) is 15.6. The van der Waals surface area contributed by atoms with Gasteiger partial charge in [-0.25, -0.2) is 0 Å². The third-order valence-electron chi connectivity index (χ3n) is 2.90. The molecule has 0 saturated carbocycles. The molecule has 1 N–H and O–H groups in total. The van der Waals surface area contributed by atoms with Gasteiger partial charge in [0.05, 0.1) is 10.6 Å². The second-order valence-electron chi connectivity index (χ2n) is 4.59. The van der Waals surface area contributed by atoms with E-state index in [-0.39, 0.29) is 18.1 Å². The second kappa shape index (κ2) is 5.81. The van der Waals surface area contributed by atoms with Gasteiger partial charge in [0, 0.05) is 19.8 Å². The van der Waals surface area contributed by atoms with Gasteiger partial charge in [-0.3, -0.25) is 4.79 Å². The van der Waals surface area contributed by atoms with Crippen LogP contribution in [-0.2, 0) is 12.7 Å². The van der Waals surface area contributed by atoms with Gasteiger partial charge in [0.15, 0.2) is 0 Å².